The van der Waals surface area contributed by atoms with Crippen molar-refractivity contribution in [3.8, 4) is 5.75 Å². The fourth-order valence-electron chi connectivity index (χ4n) is 2.45. The van der Waals surface area contributed by atoms with E-state index in [1.807, 2.05) is 12.1 Å². The molecule has 106 valence electrons. The summed E-state index contributed by atoms with van der Waals surface area (Å²) in [5, 5.41) is 15.1. The molecule has 2 heterocycles. The maximum absolute atomic E-state index is 5.91. The number of anilines is 1. The number of hydrogen-bond acceptors (Lipinski definition) is 5. The summed E-state index contributed by atoms with van der Waals surface area (Å²) < 4.78 is 7.70. The Bertz CT molecular complexity index is 581. The number of aromatic nitrogens is 4. The molecule has 1 N–H and O–H groups in total. The van der Waals surface area contributed by atoms with Gasteiger partial charge in [-0.1, -0.05) is 19.1 Å². The molecule has 0 atom stereocenters. The lowest BCUT2D eigenvalue weighted by Gasteiger charge is -2.21. The van der Waals surface area contributed by atoms with Crippen molar-refractivity contribution >= 4 is 5.69 Å². The van der Waals surface area contributed by atoms with Crippen LogP contribution in [0.25, 0.3) is 0 Å². The largest absolute Gasteiger partial charge is 0.483 e. The Morgan fingerprint density at radius 1 is 1.40 bits per heavy atom. The van der Waals surface area contributed by atoms with E-state index >= 15 is 0 Å². The summed E-state index contributed by atoms with van der Waals surface area (Å²) in [6.45, 7) is 4.31. The number of tetrazole rings is 1. The lowest BCUT2D eigenvalue weighted by molar-refractivity contribution is 0.287. The second-order valence-electron chi connectivity index (χ2n) is 4.93. The van der Waals surface area contributed by atoms with Crippen molar-refractivity contribution in [1.82, 2.24) is 20.2 Å². The molecule has 1 aliphatic rings. The molecule has 6 heteroatoms. The molecule has 2 aromatic rings. The van der Waals surface area contributed by atoms with Crippen molar-refractivity contribution in [2.24, 2.45) is 0 Å². The highest BCUT2D eigenvalue weighted by atomic mass is 16.5. The average Bonchev–Trinajstić information content (AvgIpc) is 2.93. The van der Waals surface area contributed by atoms with Crippen molar-refractivity contribution in [2.75, 3.05) is 11.9 Å². The Labute approximate surface area is 118 Å². The molecule has 0 saturated heterocycles. The van der Waals surface area contributed by atoms with Gasteiger partial charge in [-0.25, -0.2) is 4.68 Å². The number of nitrogens with zero attached hydrogens (tertiary/aromatic N) is 4. The topological polar surface area (TPSA) is 64.9 Å². The van der Waals surface area contributed by atoms with Crippen molar-refractivity contribution in [3.05, 3.63) is 29.6 Å². The third-order valence-corrected chi connectivity index (χ3v) is 3.44. The number of nitrogens with one attached hydrogen (secondary N) is 1. The highest BCUT2D eigenvalue weighted by molar-refractivity contribution is 5.63. The number of para-hydroxylation sites is 1. The zero-order valence-corrected chi connectivity index (χ0v) is 11.7. The van der Waals surface area contributed by atoms with E-state index in [4.69, 9.17) is 4.74 Å². The summed E-state index contributed by atoms with van der Waals surface area (Å²) in [4.78, 5) is 0. The third kappa shape index (κ3) is 2.59. The van der Waals surface area contributed by atoms with Gasteiger partial charge in [-0.2, -0.15) is 0 Å². The summed E-state index contributed by atoms with van der Waals surface area (Å²) in [6, 6.07) is 6.18. The van der Waals surface area contributed by atoms with E-state index in [0.29, 0.717) is 6.61 Å². The Balaban J connectivity index is 1.73. The van der Waals surface area contributed by atoms with E-state index in [9.17, 15) is 0 Å². The summed E-state index contributed by atoms with van der Waals surface area (Å²) in [7, 11) is 0. The predicted octanol–water partition coefficient (Wildman–Crippen LogP) is 2.02. The van der Waals surface area contributed by atoms with Gasteiger partial charge >= 0.3 is 0 Å². The summed E-state index contributed by atoms with van der Waals surface area (Å²) >= 11 is 0. The van der Waals surface area contributed by atoms with Crippen molar-refractivity contribution in [2.45, 2.75) is 39.3 Å². The van der Waals surface area contributed by atoms with Crippen LogP contribution in [0.2, 0.25) is 0 Å². The highest BCUT2D eigenvalue weighted by Gasteiger charge is 2.14. The molecule has 0 fully saturated rings. The number of benzene rings is 1. The molecule has 0 aliphatic carbocycles. The first kappa shape index (κ1) is 12.9. The van der Waals surface area contributed by atoms with Gasteiger partial charge in [-0.05, 0) is 41.3 Å². The highest BCUT2D eigenvalue weighted by Crippen LogP contribution is 2.32. The normalized spacial score (nSPS) is 13.7. The van der Waals surface area contributed by atoms with Crippen LogP contribution in [0, 0.1) is 0 Å². The lowest BCUT2D eigenvalue weighted by atomic mass is 10.0. The van der Waals surface area contributed by atoms with Gasteiger partial charge in [0.1, 0.15) is 12.4 Å². The zero-order valence-electron chi connectivity index (χ0n) is 11.7. The molecule has 3 rings (SSSR count). The number of aryl methyl sites for hydroxylation is 2. The first-order chi connectivity index (χ1) is 9.88. The van der Waals surface area contributed by atoms with Crippen molar-refractivity contribution in [3.63, 3.8) is 0 Å². The Morgan fingerprint density at radius 2 is 2.35 bits per heavy atom. The monoisotopic (exact) mass is 273 g/mol. The van der Waals surface area contributed by atoms with Crippen LogP contribution < -0.4 is 10.1 Å². The molecule has 1 aromatic carbocycles. The molecule has 0 unspecified atom stereocenters. The quantitative estimate of drug-likeness (QED) is 0.903. The van der Waals surface area contributed by atoms with Crippen molar-refractivity contribution in [1.29, 1.82) is 0 Å². The molecule has 6 nitrogen and oxygen atoms in total. The third-order valence-electron chi connectivity index (χ3n) is 3.44. The van der Waals surface area contributed by atoms with Gasteiger partial charge in [0.2, 0.25) is 0 Å². The Morgan fingerprint density at radius 3 is 3.25 bits per heavy atom. The average molecular weight is 273 g/mol. The molecule has 20 heavy (non-hydrogen) atoms. The van der Waals surface area contributed by atoms with Gasteiger partial charge in [0.05, 0.1) is 5.69 Å². The molecule has 0 saturated carbocycles. The van der Waals surface area contributed by atoms with E-state index in [0.717, 1.165) is 43.2 Å². The van der Waals surface area contributed by atoms with Crippen LogP contribution in [-0.4, -0.2) is 26.8 Å². The summed E-state index contributed by atoms with van der Waals surface area (Å²) in [5.41, 5.74) is 2.44. The maximum Gasteiger partial charge on any atom is 0.189 e. The van der Waals surface area contributed by atoms with Crippen molar-refractivity contribution < 1.29 is 4.74 Å². The van der Waals surface area contributed by atoms with E-state index in [-0.39, 0.29) is 0 Å². The minimum atomic E-state index is 0.394. The van der Waals surface area contributed by atoms with Gasteiger partial charge in [0.15, 0.2) is 5.82 Å². The minimum absolute atomic E-state index is 0.394. The molecule has 0 amide bonds. The van der Waals surface area contributed by atoms with Crippen LogP contribution in [0.4, 0.5) is 5.69 Å². The number of ether oxygens (including phenoxy) is 1. The first-order valence-electron chi connectivity index (χ1n) is 7.12. The van der Waals surface area contributed by atoms with Crippen LogP contribution in [0.15, 0.2) is 18.2 Å². The first-order valence-corrected chi connectivity index (χ1v) is 7.12. The summed E-state index contributed by atoms with van der Waals surface area (Å²) in [6.07, 6.45) is 3.28. The van der Waals surface area contributed by atoms with E-state index in [2.05, 4.69) is 33.8 Å². The second kappa shape index (κ2) is 5.90. The standard InChI is InChI=1S/C14H19N5O/c1-2-9-19-13(16-17-18-19)10-20-12-7-3-5-11-6-4-8-15-14(11)12/h3,5,7,15H,2,4,6,8-10H2,1H3. The van der Waals surface area contributed by atoms with Crippen LogP contribution in [0.5, 0.6) is 5.75 Å². The minimum Gasteiger partial charge on any atom is -0.483 e. The molecule has 0 spiro atoms. The van der Waals surface area contributed by atoms with E-state index in [1.165, 1.54) is 12.0 Å². The number of hydrogen-bond donors (Lipinski definition) is 1. The zero-order chi connectivity index (χ0) is 13.8. The molecule has 1 aromatic heterocycles. The van der Waals surface area contributed by atoms with Gasteiger partial charge in [0, 0.05) is 13.1 Å². The van der Waals surface area contributed by atoms with Gasteiger partial charge in [0.25, 0.3) is 0 Å². The molecular formula is C14H19N5O. The second-order valence-corrected chi connectivity index (χ2v) is 4.93. The Hall–Kier alpha value is -2.11. The van der Waals surface area contributed by atoms with E-state index < -0.39 is 0 Å². The Kier molecular flexibility index (Phi) is 3.80. The fraction of sp³-hybridized carbons (Fsp3) is 0.500. The SMILES string of the molecule is CCCn1nnnc1COc1cccc2c1NCCC2. The fourth-order valence-corrected chi connectivity index (χ4v) is 2.45. The predicted molar refractivity (Wildman–Crippen MR) is 75.7 cm³/mol. The van der Waals surface area contributed by atoms with Crippen LogP contribution in [0.3, 0.4) is 0 Å². The lowest BCUT2D eigenvalue weighted by Crippen LogP contribution is -2.14. The smallest absolute Gasteiger partial charge is 0.189 e. The van der Waals surface area contributed by atoms with Crippen LogP contribution in [-0.2, 0) is 19.6 Å². The molecular weight excluding hydrogens is 254 g/mol. The van der Waals surface area contributed by atoms with Crippen LogP contribution >= 0.6 is 0 Å². The molecule has 0 radical (unpaired) electrons. The van der Waals surface area contributed by atoms with Gasteiger partial charge in [-0.15, -0.1) is 5.10 Å². The molecule has 1 aliphatic heterocycles. The van der Waals surface area contributed by atoms with Gasteiger partial charge < -0.3 is 10.1 Å². The van der Waals surface area contributed by atoms with Crippen LogP contribution in [0.1, 0.15) is 31.2 Å². The molecule has 0 bridgehead atoms. The number of fused-ring (bicyclic) bond motifs is 1. The maximum atomic E-state index is 5.91. The van der Waals surface area contributed by atoms with Gasteiger partial charge in [-0.3, -0.25) is 0 Å². The van der Waals surface area contributed by atoms with E-state index in [1.54, 1.807) is 4.68 Å². The summed E-state index contributed by atoms with van der Waals surface area (Å²) in [5.74, 6) is 1.65. The number of rotatable bonds is 5.